The van der Waals surface area contributed by atoms with Gasteiger partial charge < -0.3 is 19.1 Å². The molecule has 5 nitrogen and oxygen atoms in total. The summed E-state index contributed by atoms with van der Waals surface area (Å²) in [5.74, 6) is 2.40. The average molecular weight is 953 g/mol. The van der Waals surface area contributed by atoms with Crippen LogP contribution in [0.5, 0.6) is 11.5 Å². The van der Waals surface area contributed by atoms with E-state index in [-0.39, 0.29) is 31.9 Å². The fourth-order valence-electron chi connectivity index (χ4n) is 8.06. The second kappa shape index (κ2) is 15.5. The topological polar surface area (TPSA) is 33.5 Å². The van der Waals surface area contributed by atoms with Crippen molar-refractivity contribution < 1.29 is 25.8 Å². The number of para-hydroxylation sites is 3. The Hall–Kier alpha value is -5.64. The zero-order valence-corrected chi connectivity index (χ0v) is 37.2. The summed E-state index contributed by atoms with van der Waals surface area (Å²) in [6.45, 7) is 20.1. The van der Waals surface area contributed by atoms with Crippen molar-refractivity contribution in [2.75, 3.05) is 9.80 Å². The molecule has 0 atom stereocenters. The van der Waals surface area contributed by atoms with Crippen LogP contribution in [-0.2, 0) is 31.9 Å². The number of hydrogen-bond donors (Lipinski definition) is 0. The summed E-state index contributed by atoms with van der Waals surface area (Å²) < 4.78 is 9.07. The Morgan fingerprint density at radius 2 is 1.32 bits per heavy atom. The fraction of sp³-hybridized carbons (Fsp3) is 0.208. The van der Waals surface area contributed by atoms with E-state index in [9.17, 15) is 0 Å². The van der Waals surface area contributed by atoms with E-state index in [4.69, 9.17) is 9.72 Å². The van der Waals surface area contributed by atoms with Crippen LogP contribution >= 0.6 is 0 Å². The summed E-state index contributed by atoms with van der Waals surface area (Å²) in [6, 6.07) is 54.7. The Morgan fingerprint density at radius 3 is 2.08 bits per heavy atom. The molecule has 0 N–H and O–H groups in total. The molecule has 59 heavy (non-hydrogen) atoms. The summed E-state index contributed by atoms with van der Waals surface area (Å²) in [5.41, 5.74) is 12.2. The van der Waals surface area contributed by atoms with Gasteiger partial charge in [-0.2, -0.15) is 6.07 Å². The summed E-state index contributed by atoms with van der Waals surface area (Å²) in [6.07, 6.45) is 1.91. The van der Waals surface area contributed by atoms with Crippen molar-refractivity contribution in [1.82, 2.24) is 9.55 Å². The summed E-state index contributed by atoms with van der Waals surface area (Å²) in [7, 11) is 0. The Morgan fingerprint density at radius 1 is 0.627 bits per heavy atom. The van der Waals surface area contributed by atoms with Crippen LogP contribution in [0.1, 0.15) is 78.0 Å². The molecule has 2 aromatic heterocycles. The van der Waals surface area contributed by atoms with E-state index < -0.39 is 0 Å². The van der Waals surface area contributed by atoms with Crippen molar-refractivity contribution in [3.05, 3.63) is 175 Å². The Labute approximate surface area is 363 Å². The van der Waals surface area contributed by atoms with Crippen LogP contribution in [0.3, 0.4) is 0 Å². The first-order valence-corrected chi connectivity index (χ1v) is 20.2. The van der Waals surface area contributed by atoms with Crippen molar-refractivity contribution >= 4 is 44.6 Å². The Balaban J connectivity index is 0.00000484. The Kier molecular flexibility index (Phi) is 10.6. The molecule has 0 bridgehead atoms. The van der Waals surface area contributed by atoms with Crippen molar-refractivity contribution in [2.45, 2.75) is 72.1 Å². The third-order valence-electron chi connectivity index (χ3n) is 11.2. The van der Waals surface area contributed by atoms with Gasteiger partial charge in [0.05, 0.1) is 0 Å². The van der Waals surface area contributed by atoms with Gasteiger partial charge in [-0.05, 0) is 86.9 Å². The number of nitrogens with zero attached hydrogens (tertiary/aromatic N) is 4. The van der Waals surface area contributed by atoms with E-state index in [0.717, 1.165) is 55.9 Å². The van der Waals surface area contributed by atoms with Crippen LogP contribution in [0, 0.1) is 18.8 Å². The predicted octanol–water partition coefficient (Wildman–Crippen LogP) is 14.4. The number of anilines is 4. The minimum atomic E-state index is -0.0258. The first-order chi connectivity index (χ1) is 27.8. The molecule has 6 heteroatoms. The number of hydrogen-bond acceptors (Lipinski definition) is 4. The number of rotatable bonds is 7. The number of fused-ring (bicyclic) bond motifs is 4. The van der Waals surface area contributed by atoms with E-state index in [1.54, 1.807) is 0 Å². The smallest absolute Gasteiger partial charge is 0.135 e. The molecule has 0 spiro atoms. The summed E-state index contributed by atoms with van der Waals surface area (Å²) >= 11 is 0. The van der Waals surface area contributed by atoms with Crippen molar-refractivity contribution in [2.24, 2.45) is 0 Å². The molecule has 9 rings (SSSR count). The van der Waals surface area contributed by atoms with Gasteiger partial charge >= 0.3 is 0 Å². The largest absolute Gasteiger partial charge is 0.509 e. The van der Waals surface area contributed by atoms with E-state index in [2.05, 4.69) is 216 Å². The number of pyridine rings is 1. The molecule has 3 heterocycles. The van der Waals surface area contributed by atoms with Gasteiger partial charge in [0.15, 0.2) is 0 Å². The third kappa shape index (κ3) is 7.58. The molecule has 0 amide bonds. The maximum atomic E-state index is 6.87. The average Bonchev–Trinajstić information content (AvgIpc) is 3.76. The van der Waals surface area contributed by atoms with Crippen LogP contribution in [-0.4, -0.2) is 9.55 Å². The van der Waals surface area contributed by atoms with Crippen molar-refractivity contribution in [3.8, 4) is 28.4 Å². The third-order valence-corrected chi connectivity index (χ3v) is 11.2. The molecule has 0 radical (unpaired) electrons. The molecular weight excluding hydrogens is 904 g/mol. The van der Waals surface area contributed by atoms with Crippen LogP contribution < -0.4 is 14.5 Å². The van der Waals surface area contributed by atoms with E-state index in [1.165, 1.54) is 22.3 Å². The molecule has 0 aliphatic carbocycles. The molecule has 300 valence electrons. The van der Waals surface area contributed by atoms with Crippen molar-refractivity contribution in [1.29, 1.82) is 0 Å². The summed E-state index contributed by atoms with van der Waals surface area (Å²) in [5, 5.41) is 2.24. The van der Waals surface area contributed by atoms with Gasteiger partial charge in [-0.25, -0.2) is 4.98 Å². The Bertz CT molecular complexity index is 2820. The van der Waals surface area contributed by atoms with Crippen LogP contribution in [0.4, 0.5) is 22.7 Å². The van der Waals surface area contributed by atoms with Gasteiger partial charge in [-0.3, -0.25) is 0 Å². The second-order valence-electron chi connectivity index (χ2n) is 17.7. The molecule has 0 fully saturated rings. The van der Waals surface area contributed by atoms with E-state index in [0.29, 0.717) is 17.4 Å². The van der Waals surface area contributed by atoms with Gasteiger partial charge in [-0.1, -0.05) is 128 Å². The molecule has 0 unspecified atom stereocenters. The minimum Gasteiger partial charge on any atom is -0.509 e. The number of aromatic nitrogens is 2. The van der Waals surface area contributed by atoms with Crippen molar-refractivity contribution in [3.63, 3.8) is 0 Å². The first-order valence-electron chi connectivity index (χ1n) is 20.2. The molecule has 0 saturated heterocycles. The normalized spacial score (nSPS) is 13.0. The van der Waals surface area contributed by atoms with Gasteiger partial charge in [-0.15, -0.1) is 53.6 Å². The standard InChI is InChI=1S/C53H49N4O.Pt/c1-35(2)43-18-9-10-19-44(43)36-28-40(56-34-55(48-22-13-14-23-49(48)56)39-17-15-16-37(30-39)52(3,4)5)32-42(29-36)58-41-24-25-46-45-20-11-12-21-47(45)57(50(46)33-41)51-31-38(26-27-54-51)53(6,7)8;/h9-31,34-35H,1-8H3;/q-3;. The zero-order chi connectivity index (χ0) is 40.3. The van der Waals surface area contributed by atoms with Crippen LogP contribution in [0.25, 0.3) is 38.8 Å². The van der Waals surface area contributed by atoms with Crippen LogP contribution in [0.15, 0.2) is 140 Å². The molecule has 8 aromatic rings. The first kappa shape index (κ1) is 40.2. The predicted molar refractivity (Wildman–Crippen MR) is 241 cm³/mol. The molecule has 0 saturated carbocycles. The SMILES string of the molecule is CC(C)c1ccccc1-c1cc(Oc2[c-]c3c(cc2)c2ccccc2n3-c2cc(C(C)(C)C)ccn2)[c-]c(N2[CH-]N(c3cccc(C(C)(C)C)c3)c3ccccc32)c1.[Pt]. The quantitative estimate of drug-likeness (QED) is 0.149. The van der Waals surface area contributed by atoms with Gasteiger partial charge in [0.25, 0.3) is 0 Å². The summed E-state index contributed by atoms with van der Waals surface area (Å²) in [4.78, 5) is 9.38. The van der Waals surface area contributed by atoms with E-state index in [1.807, 2.05) is 12.3 Å². The van der Waals surface area contributed by atoms with Crippen LogP contribution in [0.2, 0.25) is 0 Å². The number of benzene rings is 6. The minimum absolute atomic E-state index is 0. The zero-order valence-electron chi connectivity index (χ0n) is 34.9. The van der Waals surface area contributed by atoms with E-state index >= 15 is 0 Å². The molecular formula is C53H49N4OPt-3. The van der Waals surface area contributed by atoms with Gasteiger partial charge in [0.1, 0.15) is 5.82 Å². The molecule has 1 aliphatic rings. The number of ether oxygens (including phenoxy) is 1. The molecule has 6 aromatic carbocycles. The maximum Gasteiger partial charge on any atom is 0.135 e. The molecule has 1 aliphatic heterocycles. The maximum absolute atomic E-state index is 6.87. The monoisotopic (exact) mass is 952 g/mol. The van der Waals surface area contributed by atoms with Gasteiger partial charge in [0, 0.05) is 61.3 Å². The fourth-order valence-corrected chi connectivity index (χ4v) is 8.06. The second-order valence-corrected chi connectivity index (χ2v) is 17.7. The van der Waals surface area contributed by atoms with Gasteiger partial charge in [0.2, 0.25) is 0 Å².